The topological polar surface area (TPSA) is 147 Å². The summed E-state index contributed by atoms with van der Waals surface area (Å²) in [5, 5.41) is 9.69. The first-order valence-electron chi connectivity index (χ1n) is 13.5. The van der Waals surface area contributed by atoms with Crippen LogP contribution in [0, 0.1) is 5.82 Å². The molecule has 4 rings (SSSR count). The first kappa shape index (κ1) is 29.4. The minimum absolute atomic E-state index is 0.0723. The molecule has 2 aromatic carbocycles. The highest BCUT2D eigenvalue weighted by Crippen LogP contribution is 2.32. The molecule has 2 aliphatic heterocycles. The normalized spacial score (nSPS) is 17.8. The molecule has 0 radical (unpaired) electrons. The van der Waals surface area contributed by atoms with Gasteiger partial charge >= 0.3 is 6.03 Å². The van der Waals surface area contributed by atoms with Crippen LogP contribution in [0.1, 0.15) is 55.8 Å². The van der Waals surface area contributed by atoms with E-state index in [2.05, 4.69) is 27.9 Å². The van der Waals surface area contributed by atoms with Gasteiger partial charge in [0.25, 0.3) is 0 Å². The molecule has 9 N–H and O–H groups in total. The monoisotopic (exact) mass is 568 g/mol. The molecule has 0 saturated carbocycles. The van der Waals surface area contributed by atoms with E-state index >= 15 is 4.39 Å². The SMILES string of the molecule is CC(N)CCCc1cc(Cl)c(F)c(C2=CC3=CN(c4ccc(C(C)NCCCN=C(N)N)cc4)C(=O)NC3N2)c1. The van der Waals surface area contributed by atoms with E-state index in [0.717, 1.165) is 54.6 Å². The Morgan fingerprint density at radius 3 is 2.62 bits per heavy atom. The second kappa shape index (κ2) is 13.2. The summed E-state index contributed by atoms with van der Waals surface area (Å²) in [6, 6.07) is 11.2. The van der Waals surface area contributed by atoms with Gasteiger partial charge in [-0.15, -0.1) is 0 Å². The van der Waals surface area contributed by atoms with Crippen LogP contribution in [0.25, 0.3) is 5.70 Å². The van der Waals surface area contributed by atoms with Crippen molar-refractivity contribution in [3.05, 3.63) is 81.8 Å². The number of amides is 2. The van der Waals surface area contributed by atoms with Crippen molar-refractivity contribution in [2.75, 3.05) is 18.0 Å². The Labute approximate surface area is 239 Å². The maximum atomic E-state index is 15.1. The van der Waals surface area contributed by atoms with Crippen molar-refractivity contribution in [3.8, 4) is 0 Å². The molecule has 2 amide bonds. The van der Waals surface area contributed by atoms with Gasteiger partial charge in [0.05, 0.1) is 10.7 Å². The number of fused-ring (bicyclic) bond motifs is 1. The zero-order chi connectivity index (χ0) is 28.8. The molecule has 0 aromatic heterocycles. The second-order valence-electron chi connectivity index (χ2n) is 10.3. The number of anilines is 1. The van der Waals surface area contributed by atoms with Gasteiger partial charge in [-0.05, 0) is 87.5 Å². The third kappa shape index (κ3) is 7.32. The van der Waals surface area contributed by atoms with Crippen molar-refractivity contribution in [1.29, 1.82) is 0 Å². The summed E-state index contributed by atoms with van der Waals surface area (Å²) in [7, 11) is 0. The summed E-state index contributed by atoms with van der Waals surface area (Å²) < 4.78 is 15.1. The number of benzene rings is 2. The van der Waals surface area contributed by atoms with Crippen LogP contribution in [0.4, 0.5) is 14.9 Å². The molecule has 2 aliphatic rings. The van der Waals surface area contributed by atoms with Crippen LogP contribution in [0.3, 0.4) is 0 Å². The Balaban J connectivity index is 1.46. The average molecular weight is 569 g/mol. The number of hydrogen-bond acceptors (Lipinski definition) is 5. The first-order chi connectivity index (χ1) is 19.1. The number of carbonyl (C=O) groups excluding carboxylic acids is 1. The van der Waals surface area contributed by atoms with Crippen LogP contribution < -0.4 is 38.1 Å². The zero-order valence-electron chi connectivity index (χ0n) is 22.9. The van der Waals surface area contributed by atoms with E-state index in [1.165, 1.54) is 0 Å². The number of carbonyl (C=O) groups is 1. The van der Waals surface area contributed by atoms with Crippen molar-refractivity contribution >= 4 is 35.0 Å². The van der Waals surface area contributed by atoms with Crippen LogP contribution in [-0.2, 0) is 6.42 Å². The number of nitrogens with zero attached hydrogens (tertiary/aromatic N) is 2. The fraction of sp³-hybridized carbons (Fsp3) is 0.379. The number of nitrogens with one attached hydrogen (secondary N) is 3. The standard InChI is InChI=1S/C29H38ClFN8O/c1-17(32)5-3-6-19-13-23(26(31)24(30)14-19)25-15-21-16-39(29(40)38-27(21)37-25)22-9-7-20(8-10-22)18(2)35-11-4-12-36-28(33)34/h7-10,13-18,27,35,37H,3-6,11-12,32H2,1-2H3,(H,38,40)(H4,33,34,36). The predicted octanol–water partition coefficient (Wildman–Crippen LogP) is 3.85. The predicted molar refractivity (Wildman–Crippen MR) is 160 cm³/mol. The molecule has 0 bridgehead atoms. The molecule has 2 heterocycles. The molecule has 3 atom stereocenters. The summed E-state index contributed by atoms with van der Waals surface area (Å²) in [4.78, 5) is 18.5. The Morgan fingerprint density at radius 2 is 1.93 bits per heavy atom. The van der Waals surface area contributed by atoms with E-state index in [1.54, 1.807) is 17.2 Å². The lowest BCUT2D eigenvalue weighted by molar-refractivity contribution is 0.244. The lowest BCUT2D eigenvalue weighted by Gasteiger charge is -2.29. The van der Waals surface area contributed by atoms with Crippen LogP contribution in [0.15, 0.2) is 59.2 Å². The number of halogens is 2. The smallest absolute Gasteiger partial charge is 0.327 e. The number of nitrogens with two attached hydrogens (primary N) is 3. The molecule has 0 fully saturated rings. The van der Waals surface area contributed by atoms with E-state index < -0.39 is 12.0 Å². The molecular formula is C29H38ClFN8O. The van der Waals surface area contributed by atoms with Crippen molar-refractivity contribution in [3.63, 3.8) is 0 Å². The molecule has 0 saturated heterocycles. The first-order valence-corrected chi connectivity index (χ1v) is 13.9. The van der Waals surface area contributed by atoms with Crippen LogP contribution >= 0.6 is 11.6 Å². The van der Waals surface area contributed by atoms with Crippen molar-refractivity contribution in [1.82, 2.24) is 16.0 Å². The minimum Gasteiger partial charge on any atom is -0.370 e. The number of rotatable bonds is 12. The second-order valence-corrected chi connectivity index (χ2v) is 10.7. The lowest BCUT2D eigenvalue weighted by Crippen LogP contribution is -2.51. The van der Waals surface area contributed by atoms with Crippen molar-refractivity contribution < 1.29 is 9.18 Å². The highest BCUT2D eigenvalue weighted by molar-refractivity contribution is 6.31. The molecule has 0 spiro atoms. The molecule has 40 heavy (non-hydrogen) atoms. The van der Waals surface area contributed by atoms with Crippen molar-refractivity contribution in [2.45, 2.75) is 57.8 Å². The Hall–Kier alpha value is -3.60. The van der Waals surface area contributed by atoms with Gasteiger partial charge in [0.2, 0.25) is 0 Å². The number of urea groups is 1. The molecule has 214 valence electrons. The molecule has 2 aromatic rings. The summed E-state index contributed by atoms with van der Waals surface area (Å²) in [6.45, 7) is 5.39. The van der Waals surface area contributed by atoms with Gasteiger partial charge in [0, 0.05) is 41.7 Å². The summed E-state index contributed by atoms with van der Waals surface area (Å²) >= 11 is 6.24. The van der Waals surface area contributed by atoms with Crippen LogP contribution in [0.5, 0.6) is 0 Å². The van der Waals surface area contributed by atoms with E-state index in [-0.39, 0.29) is 29.1 Å². The number of guanidine groups is 1. The van der Waals surface area contributed by atoms with Gasteiger partial charge < -0.3 is 33.2 Å². The molecule has 3 unspecified atom stereocenters. The Kier molecular flexibility index (Phi) is 9.67. The summed E-state index contributed by atoms with van der Waals surface area (Å²) in [6.07, 6.45) is 6.49. The summed E-state index contributed by atoms with van der Waals surface area (Å²) in [5.41, 5.74) is 21.1. The molecule has 11 heteroatoms. The van der Waals surface area contributed by atoms with Crippen molar-refractivity contribution in [2.24, 2.45) is 22.2 Å². The van der Waals surface area contributed by atoms with Gasteiger partial charge in [0.1, 0.15) is 6.17 Å². The maximum Gasteiger partial charge on any atom is 0.327 e. The van der Waals surface area contributed by atoms with Gasteiger partial charge in [-0.3, -0.25) is 9.89 Å². The van der Waals surface area contributed by atoms with E-state index in [0.29, 0.717) is 17.8 Å². The van der Waals surface area contributed by atoms with Crippen LogP contribution in [0.2, 0.25) is 5.02 Å². The number of aliphatic imine (C=N–C) groups is 1. The fourth-order valence-electron chi connectivity index (χ4n) is 4.77. The van der Waals surface area contributed by atoms with E-state index in [4.69, 9.17) is 28.8 Å². The van der Waals surface area contributed by atoms with Gasteiger partial charge in [-0.1, -0.05) is 23.7 Å². The fourth-order valence-corrected chi connectivity index (χ4v) is 5.01. The van der Waals surface area contributed by atoms with Crippen LogP contribution in [-0.4, -0.2) is 37.3 Å². The highest BCUT2D eigenvalue weighted by atomic mass is 35.5. The van der Waals surface area contributed by atoms with E-state index in [9.17, 15) is 4.79 Å². The maximum absolute atomic E-state index is 15.1. The zero-order valence-corrected chi connectivity index (χ0v) is 23.6. The number of hydrogen-bond donors (Lipinski definition) is 6. The molecule has 0 aliphatic carbocycles. The summed E-state index contributed by atoms with van der Waals surface area (Å²) in [5.74, 6) is -0.394. The van der Waals surface area contributed by atoms with Gasteiger partial charge in [-0.25, -0.2) is 9.18 Å². The molecular weight excluding hydrogens is 531 g/mol. The average Bonchev–Trinajstić information content (AvgIpc) is 3.32. The third-order valence-electron chi connectivity index (χ3n) is 6.96. The van der Waals surface area contributed by atoms with E-state index in [1.807, 2.05) is 43.3 Å². The largest absolute Gasteiger partial charge is 0.370 e. The highest BCUT2D eigenvalue weighted by Gasteiger charge is 2.32. The molecule has 9 nitrogen and oxygen atoms in total. The Bertz CT molecular complexity index is 1300. The number of aryl methyl sites for hydroxylation is 1. The Morgan fingerprint density at radius 1 is 1.18 bits per heavy atom. The van der Waals surface area contributed by atoms with Gasteiger partial charge in [-0.2, -0.15) is 0 Å². The quantitative estimate of drug-likeness (QED) is 0.130. The minimum atomic E-state index is -0.492. The third-order valence-corrected chi connectivity index (χ3v) is 7.24. The van der Waals surface area contributed by atoms with Gasteiger partial charge in [0.15, 0.2) is 11.8 Å². The lowest BCUT2D eigenvalue weighted by atomic mass is 10.0.